The number of likely N-dealkylation sites (tertiary alicyclic amines) is 2. The number of H-pyrrole nitrogens is 1. The third kappa shape index (κ3) is 3.30. The molecule has 1 aromatic rings. The van der Waals surface area contributed by atoms with Crippen LogP contribution in [0.2, 0.25) is 0 Å². The summed E-state index contributed by atoms with van der Waals surface area (Å²) in [4.78, 5) is 20.9. The van der Waals surface area contributed by atoms with Gasteiger partial charge in [0, 0.05) is 25.6 Å². The molecule has 122 valence electrons. The van der Waals surface area contributed by atoms with E-state index in [1.165, 1.54) is 25.9 Å². The summed E-state index contributed by atoms with van der Waals surface area (Å²) in [7, 11) is 3.83. The molecule has 3 heterocycles. The van der Waals surface area contributed by atoms with Gasteiger partial charge >= 0.3 is 0 Å². The Labute approximate surface area is 131 Å². The standard InChI is InChI=1S/C15H26N6O/c1-16-15(22)14-17-13(18-19-14)11-5-8-21(9-6-11)10-12-4-3-7-20(12)2/h11-12H,3-10H2,1-2H3,(H,16,22)(H,17,18,19)/t12-/m1/s1. The number of piperidine rings is 1. The van der Waals surface area contributed by atoms with Gasteiger partial charge < -0.3 is 15.1 Å². The van der Waals surface area contributed by atoms with Crippen molar-refractivity contribution in [2.24, 2.45) is 0 Å². The van der Waals surface area contributed by atoms with E-state index in [1.54, 1.807) is 7.05 Å². The Bertz CT molecular complexity index is 508. The summed E-state index contributed by atoms with van der Waals surface area (Å²) in [6.45, 7) is 4.63. The minimum atomic E-state index is -0.232. The van der Waals surface area contributed by atoms with Gasteiger partial charge in [0.1, 0.15) is 5.82 Å². The monoisotopic (exact) mass is 306 g/mol. The van der Waals surface area contributed by atoms with Crippen LogP contribution in [0.1, 0.15) is 48.0 Å². The zero-order valence-electron chi connectivity index (χ0n) is 13.5. The fraction of sp³-hybridized carbons (Fsp3) is 0.800. The first kappa shape index (κ1) is 15.4. The predicted molar refractivity (Wildman–Crippen MR) is 83.8 cm³/mol. The van der Waals surface area contributed by atoms with Crippen LogP contribution in [0.25, 0.3) is 0 Å². The number of aromatic amines is 1. The van der Waals surface area contributed by atoms with Crippen LogP contribution in [-0.2, 0) is 0 Å². The lowest BCUT2D eigenvalue weighted by Gasteiger charge is -2.34. The van der Waals surface area contributed by atoms with Crippen LogP contribution in [0.5, 0.6) is 0 Å². The largest absolute Gasteiger partial charge is 0.352 e. The SMILES string of the molecule is CNC(=O)c1n[nH]c(C2CCN(C[C@H]3CCCN3C)CC2)n1. The Hall–Kier alpha value is -1.47. The number of hydrogen-bond acceptors (Lipinski definition) is 5. The van der Waals surface area contributed by atoms with Crippen molar-refractivity contribution in [2.75, 3.05) is 40.3 Å². The molecule has 0 aliphatic carbocycles. The molecule has 3 rings (SSSR count). The van der Waals surface area contributed by atoms with E-state index in [9.17, 15) is 4.79 Å². The van der Waals surface area contributed by atoms with Crippen LogP contribution in [-0.4, -0.2) is 77.2 Å². The highest BCUT2D eigenvalue weighted by Gasteiger charge is 2.28. The zero-order valence-corrected chi connectivity index (χ0v) is 13.5. The maximum atomic E-state index is 11.5. The van der Waals surface area contributed by atoms with E-state index in [4.69, 9.17) is 0 Å². The fourth-order valence-corrected chi connectivity index (χ4v) is 3.57. The first-order valence-corrected chi connectivity index (χ1v) is 8.24. The van der Waals surface area contributed by atoms with Gasteiger partial charge in [0.25, 0.3) is 5.91 Å². The lowest BCUT2D eigenvalue weighted by atomic mass is 9.95. The fourth-order valence-electron chi connectivity index (χ4n) is 3.57. The molecule has 0 saturated carbocycles. The number of rotatable bonds is 4. The highest BCUT2D eigenvalue weighted by Crippen LogP contribution is 2.26. The lowest BCUT2D eigenvalue weighted by molar-refractivity contribution is 0.0953. The van der Waals surface area contributed by atoms with E-state index in [1.807, 2.05) is 0 Å². The summed E-state index contributed by atoms with van der Waals surface area (Å²) < 4.78 is 0. The van der Waals surface area contributed by atoms with Crippen LogP contribution >= 0.6 is 0 Å². The molecule has 2 N–H and O–H groups in total. The van der Waals surface area contributed by atoms with E-state index < -0.39 is 0 Å². The van der Waals surface area contributed by atoms with Crippen LogP contribution in [0.15, 0.2) is 0 Å². The number of amides is 1. The Morgan fingerprint density at radius 3 is 2.73 bits per heavy atom. The van der Waals surface area contributed by atoms with E-state index >= 15 is 0 Å². The van der Waals surface area contributed by atoms with Gasteiger partial charge in [-0.1, -0.05) is 0 Å². The van der Waals surface area contributed by atoms with Gasteiger partial charge in [0.15, 0.2) is 0 Å². The van der Waals surface area contributed by atoms with Crippen LogP contribution < -0.4 is 5.32 Å². The molecule has 2 fully saturated rings. The van der Waals surface area contributed by atoms with Crippen LogP contribution in [0.3, 0.4) is 0 Å². The van der Waals surface area contributed by atoms with E-state index in [-0.39, 0.29) is 11.7 Å². The van der Waals surface area contributed by atoms with Crippen molar-refractivity contribution in [1.82, 2.24) is 30.3 Å². The molecule has 0 bridgehead atoms. The van der Waals surface area contributed by atoms with Crippen molar-refractivity contribution < 1.29 is 4.79 Å². The van der Waals surface area contributed by atoms with Crippen molar-refractivity contribution in [1.29, 1.82) is 0 Å². The second kappa shape index (κ2) is 6.75. The normalized spacial score (nSPS) is 24.7. The predicted octanol–water partition coefficient (Wildman–Crippen LogP) is 0.438. The summed E-state index contributed by atoms with van der Waals surface area (Å²) in [6.07, 6.45) is 4.82. The third-order valence-electron chi connectivity index (χ3n) is 5.05. The van der Waals surface area contributed by atoms with Gasteiger partial charge in [-0.2, -0.15) is 0 Å². The van der Waals surface area contributed by atoms with E-state index in [2.05, 4.69) is 37.3 Å². The van der Waals surface area contributed by atoms with Crippen LogP contribution in [0.4, 0.5) is 0 Å². The Balaban J connectivity index is 1.51. The molecule has 0 spiro atoms. The molecular weight excluding hydrogens is 280 g/mol. The Kier molecular flexibility index (Phi) is 4.73. The van der Waals surface area contributed by atoms with Crippen molar-refractivity contribution in [3.8, 4) is 0 Å². The second-order valence-corrected chi connectivity index (χ2v) is 6.47. The summed E-state index contributed by atoms with van der Waals surface area (Å²) in [5.74, 6) is 1.26. The van der Waals surface area contributed by atoms with Crippen LogP contribution in [0, 0.1) is 0 Å². The van der Waals surface area contributed by atoms with Crippen molar-refractivity contribution in [2.45, 2.75) is 37.6 Å². The highest BCUT2D eigenvalue weighted by molar-refractivity contribution is 5.89. The summed E-state index contributed by atoms with van der Waals surface area (Å²) in [5, 5.41) is 9.50. The lowest BCUT2D eigenvalue weighted by Crippen LogP contribution is -2.42. The van der Waals surface area contributed by atoms with Gasteiger partial charge in [0.2, 0.25) is 5.82 Å². The molecule has 1 amide bonds. The Morgan fingerprint density at radius 1 is 1.32 bits per heavy atom. The second-order valence-electron chi connectivity index (χ2n) is 6.47. The molecule has 2 saturated heterocycles. The summed E-state index contributed by atoms with van der Waals surface area (Å²) >= 11 is 0. The van der Waals surface area contributed by atoms with Crippen molar-refractivity contribution in [3.05, 3.63) is 11.6 Å². The molecule has 7 nitrogen and oxygen atoms in total. The van der Waals surface area contributed by atoms with E-state index in [0.29, 0.717) is 5.92 Å². The van der Waals surface area contributed by atoms with Gasteiger partial charge in [-0.05, 0) is 52.4 Å². The topological polar surface area (TPSA) is 77.2 Å². The molecule has 0 radical (unpaired) electrons. The first-order chi connectivity index (χ1) is 10.7. The minimum absolute atomic E-state index is 0.232. The number of likely N-dealkylation sites (N-methyl/N-ethyl adjacent to an activating group) is 1. The molecule has 1 atom stereocenters. The average Bonchev–Trinajstić information content (AvgIpc) is 3.17. The molecule has 7 heteroatoms. The molecule has 22 heavy (non-hydrogen) atoms. The summed E-state index contributed by atoms with van der Waals surface area (Å²) in [5.41, 5.74) is 0. The van der Waals surface area contributed by atoms with Crippen molar-refractivity contribution in [3.63, 3.8) is 0 Å². The quantitative estimate of drug-likeness (QED) is 0.844. The zero-order chi connectivity index (χ0) is 15.5. The number of hydrogen-bond donors (Lipinski definition) is 2. The molecule has 2 aliphatic rings. The Morgan fingerprint density at radius 2 is 2.09 bits per heavy atom. The molecule has 0 aromatic carbocycles. The minimum Gasteiger partial charge on any atom is -0.352 e. The molecular formula is C15H26N6O. The number of nitrogens with zero attached hydrogens (tertiary/aromatic N) is 4. The highest BCUT2D eigenvalue weighted by atomic mass is 16.2. The third-order valence-corrected chi connectivity index (χ3v) is 5.05. The van der Waals surface area contributed by atoms with Crippen molar-refractivity contribution >= 4 is 5.91 Å². The number of aromatic nitrogens is 3. The average molecular weight is 306 g/mol. The number of carbonyl (C=O) groups is 1. The maximum Gasteiger partial charge on any atom is 0.290 e. The van der Waals surface area contributed by atoms with Gasteiger partial charge in [-0.15, -0.1) is 5.10 Å². The number of carbonyl (C=O) groups excluding carboxylic acids is 1. The van der Waals surface area contributed by atoms with E-state index in [0.717, 1.165) is 37.8 Å². The first-order valence-electron chi connectivity index (χ1n) is 8.24. The van der Waals surface area contributed by atoms with Gasteiger partial charge in [-0.25, -0.2) is 4.98 Å². The summed E-state index contributed by atoms with van der Waals surface area (Å²) in [6, 6.07) is 0.724. The molecule has 2 aliphatic heterocycles. The van der Waals surface area contributed by atoms with Gasteiger partial charge in [-0.3, -0.25) is 9.89 Å². The smallest absolute Gasteiger partial charge is 0.290 e. The molecule has 1 aromatic heterocycles. The number of nitrogens with one attached hydrogen (secondary N) is 2. The molecule has 0 unspecified atom stereocenters. The van der Waals surface area contributed by atoms with Gasteiger partial charge in [0.05, 0.1) is 0 Å². The maximum absolute atomic E-state index is 11.5.